The molecule has 0 radical (unpaired) electrons. The molecule has 0 fully saturated rings. The summed E-state index contributed by atoms with van der Waals surface area (Å²) in [7, 11) is 0. The summed E-state index contributed by atoms with van der Waals surface area (Å²) in [5.74, 6) is 0.655. The van der Waals surface area contributed by atoms with Crippen LogP contribution in [0.5, 0.6) is 0 Å². The number of rotatable bonds is 4. The van der Waals surface area contributed by atoms with E-state index in [-0.39, 0.29) is 0 Å². The van der Waals surface area contributed by atoms with E-state index in [0.29, 0.717) is 11.4 Å². The molecular weight excluding hydrogens is 675 g/mol. The Morgan fingerprint density at radius 1 is 0.418 bits per heavy atom. The Balaban J connectivity index is 0.980. The normalized spacial score (nSPS) is 12.0. The van der Waals surface area contributed by atoms with Crippen molar-refractivity contribution in [3.63, 3.8) is 0 Å². The fraction of sp³-hybridized carbons (Fsp3) is 0. The summed E-state index contributed by atoms with van der Waals surface area (Å²) < 4.78 is 15.3. The van der Waals surface area contributed by atoms with Crippen molar-refractivity contribution in [1.29, 1.82) is 0 Å². The van der Waals surface area contributed by atoms with E-state index in [1.165, 1.54) is 32.6 Å². The zero-order chi connectivity index (χ0) is 36.0. The van der Waals surface area contributed by atoms with Crippen molar-refractivity contribution in [2.24, 2.45) is 0 Å². The second-order valence-electron chi connectivity index (χ2n) is 14.1. The van der Waals surface area contributed by atoms with Crippen LogP contribution in [0.15, 0.2) is 185 Å². The maximum absolute atomic E-state index is 6.62. The van der Waals surface area contributed by atoms with Gasteiger partial charge in [-0.05, 0) is 70.4 Å². The van der Waals surface area contributed by atoms with Crippen LogP contribution >= 0.6 is 0 Å². The fourth-order valence-corrected chi connectivity index (χ4v) is 8.44. The number of para-hydroxylation sites is 2. The van der Waals surface area contributed by atoms with Crippen LogP contribution in [-0.4, -0.2) is 14.5 Å². The minimum atomic E-state index is 0.655. The molecule has 5 heteroatoms. The van der Waals surface area contributed by atoms with Crippen LogP contribution < -0.4 is 0 Å². The van der Waals surface area contributed by atoms with Crippen LogP contribution in [0.3, 0.4) is 0 Å². The molecule has 0 aliphatic carbocycles. The van der Waals surface area contributed by atoms with Gasteiger partial charge in [-0.15, -0.1) is 0 Å². The topological polar surface area (TPSA) is 57.0 Å². The monoisotopic (exact) mass is 703 g/mol. The molecule has 5 nitrogen and oxygen atoms in total. The minimum Gasteiger partial charge on any atom is -0.456 e. The van der Waals surface area contributed by atoms with E-state index < -0.39 is 0 Å². The average molecular weight is 704 g/mol. The Hall–Kier alpha value is -7.50. The lowest BCUT2D eigenvalue weighted by atomic mass is 9.98. The number of hydrogen-bond donors (Lipinski definition) is 0. The molecule has 0 unspecified atom stereocenters. The molecule has 0 amide bonds. The Morgan fingerprint density at radius 2 is 1.15 bits per heavy atom. The largest absolute Gasteiger partial charge is 0.456 e. The van der Waals surface area contributed by atoms with Gasteiger partial charge in [0.15, 0.2) is 11.4 Å². The first kappa shape index (κ1) is 30.0. The average Bonchev–Trinajstić information content (AvgIpc) is 3.92. The molecule has 0 N–H and O–H groups in total. The van der Waals surface area contributed by atoms with Gasteiger partial charge in [-0.3, -0.25) is 0 Å². The van der Waals surface area contributed by atoms with Crippen molar-refractivity contribution in [2.45, 2.75) is 0 Å². The molecule has 4 heterocycles. The molecule has 0 aliphatic heterocycles. The van der Waals surface area contributed by atoms with Crippen molar-refractivity contribution in [3.8, 4) is 39.5 Å². The minimum absolute atomic E-state index is 0.655. The summed E-state index contributed by atoms with van der Waals surface area (Å²) in [4.78, 5) is 10.1. The highest BCUT2D eigenvalue weighted by Gasteiger charge is 2.20. The van der Waals surface area contributed by atoms with E-state index >= 15 is 0 Å². The third-order valence-corrected chi connectivity index (χ3v) is 11.0. The first-order chi connectivity index (χ1) is 27.2. The molecule has 256 valence electrons. The SMILES string of the molecule is c1ccc(-c2nc(-c3ccc(-c4cccc5oc6cc(-n7c8ccccc8c8cc9ccccc9cc87)ccc6c45)cc3)nc3c2oc2ccccc23)cc1. The summed E-state index contributed by atoms with van der Waals surface area (Å²) in [6, 6.07) is 61.5. The summed E-state index contributed by atoms with van der Waals surface area (Å²) in [6.07, 6.45) is 0. The van der Waals surface area contributed by atoms with Gasteiger partial charge < -0.3 is 13.4 Å². The molecule has 0 saturated heterocycles. The highest BCUT2D eigenvalue weighted by Crippen LogP contribution is 2.41. The lowest BCUT2D eigenvalue weighted by Gasteiger charge is -2.09. The van der Waals surface area contributed by atoms with Crippen LogP contribution in [0.1, 0.15) is 0 Å². The molecule has 12 aromatic rings. The van der Waals surface area contributed by atoms with Crippen LogP contribution in [0.2, 0.25) is 0 Å². The van der Waals surface area contributed by atoms with Gasteiger partial charge in [0.05, 0.1) is 11.0 Å². The van der Waals surface area contributed by atoms with Gasteiger partial charge in [0.2, 0.25) is 0 Å². The standard InChI is InChI=1S/C50H29N3O2/c1-2-11-31(12-3-1)47-49-48(39-16-7-9-19-43(39)55-49)52-50(51-47)32-23-21-30(22-24-32)36-17-10-20-44-46(36)38-26-25-35(29-45(38)54-44)53-41-18-8-6-15-37(41)40-27-33-13-4-5-14-34(33)28-42(40)53/h1-29H. The van der Waals surface area contributed by atoms with Crippen LogP contribution in [-0.2, 0) is 0 Å². The quantitative estimate of drug-likeness (QED) is 0.183. The zero-order valence-electron chi connectivity index (χ0n) is 29.4. The molecule has 4 aromatic heterocycles. The second kappa shape index (κ2) is 11.5. The lowest BCUT2D eigenvalue weighted by molar-refractivity contribution is 0.667. The predicted octanol–water partition coefficient (Wildman–Crippen LogP) is 13.5. The second-order valence-corrected chi connectivity index (χ2v) is 14.1. The van der Waals surface area contributed by atoms with Crippen LogP contribution in [0.4, 0.5) is 0 Å². The van der Waals surface area contributed by atoms with Crippen molar-refractivity contribution < 1.29 is 8.83 Å². The van der Waals surface area contributed by atoms with E-state index in [4.69, 9.17) is 18.8 Å². The third kappa shape index (κ3) is 4.53. The molecule has 8 aromatic carbocycles. The fourth-order valence-electron chi connectivity index (χ4n) is 8.44. The number of aromatic nitrogens is 3. The third-order valence-electron chi connectivity index (χ3n) is 11.0. The molecule has 0 aliphatic rings. The summed E-state index contributed by atoms with van der Waals surface area (Å²) in [5.41, 5.74) is 12.3. The highest BCUT2D eigenvalue weighted by molar-refractivity contribution is 6.15. The number of nitrogens with zero attached hydrogens (tertiary/aromatic N) is 3. The molecular formula is C50H29N3O2. The summed E-state index contributed by atoms with van der Waals surface area (Å²) >= 11 is 0. The molecule has 55 heavy (non-hydrogen) atoms. The number of furan rings is 2. The Morgan fingerprint density at radius 3 is 2.02 bits per heavy atom. The first-order valence-electron chi connectivity index (χ1n) is 18.5. The molecule has 0 spiro atoms. The van der Waals surface area contributed by atoms with Gasteiger partial charge in [0, 0.05) is 49.8 Å². The van der Waals surface area contributed by atoms with Gasteiger partial charge in [-0.1, -0.05) is 121 Å². The number of hydrogen-bond acceptors (Lipinski definition) is 4. The molecule has 12 rings (SSSR count). The Labute approximate surface area is 314 Å². The maximum Gasteiger partial charge on any atom is 0.180 e. The van der Waals surface area contributed by atoms with Crippen molar-refractivity contribution in [3.05, 3.63) is 176 Å². The van der Waals surface area contributed by atoms with Gasteiger partial charge >= 0.3 is 0 Å². The predicted molar refractivity (Wildman–Crippen MR) is 225 cm³/mol. The summed E-state index contributed by atoms with van der Waals surface area (Å²) in [6.45, 7) is 0. The van der Waals surface area contributed by atoms with E-state index in [2.05, 4.69) is 144 Å². The smallest absolute Gasteiger partial charge is 0.180 e. The summed E-state index contributed by atoms with van der Waals surface area (Å²) in [5, 5.41) is 8.09. The molecule has 0 atom stereocenters. The van der Waals surface area contributed by atoms with Gasteiger partial charge in [-0.2, -0.15) is 0 Å². The van der Waals surface area contributed by atoms with Crippen LogP contribution in [0.25, 0.3) is 116 Å². The Bertz CT molecular complexity index is 3480. The number of benzene rings is 8. The van der Waals surface area contributed by atoms with Crippen molar-refractivity contribution >= 4 is 76.6 Å². The van der Waals surface area contributed by atoms with E-state index in [1.807, 2.05) is 36.4 Å². The van der Waals surface area contributed by atoms with Gasteiger partial charge in [0.25, 0.3) is 0 Å². The first-order valence-corrected chi connectivity index (χ1v) is 18.5. The maximum atomic E-state index is 6.62. The highest BCUT2D eigenvalue weighted by atomic mass is 16.3. The molecule has 0 saturated carbocycles. The van der Waals surface area contributed by atoms with Gasteiger partial charge in [-0.25, -0.2) is 9.97 Å². The Kier molecular flexibility index (Phi) is 6.27. The van der Waals surface area contributed by atoms with Crippen molar-refractivity contribution in [2.75, 3.05) is 0 Å². The number of fused-ring (bicyclic) bond motifs is 10. The lowest BCUT2D eigenvalue weighted by Crippen LogP contribution is -1.94. The van der Waals surface area contributed by atoms with Crippen molar-refractivity contribution in [1.82, 2.24) is 14.5 Å². The van der Waals surface area contributed by atoms with Gasteiger partial charge in [0.1, 0.15) is 28.0 Å². The van der Waals surface area contributed by atoms with E-state index in [9.17, 15) is 0 Å². The van der Waals surface area contributed by atoms with E-state index in [1.54, 1.807) is 0 Å². The van der Waals surface area contributed by atoms with Crippen LogP contribution in [0, 0.1) is 0 Å². The zero-order valence-corrected chi connectivity index (χ0v) is 29.4. The molecule has 0 bridgehead atoms. The van der Waals surface area contributed by atoms with E-state index in [0.717, 1.165) is 72.1 Å².